The highest BCUT2D eigenvalue weighted by Crippen LogP contribution is 2.32. The van der Waals surface area contributed by atoms with E-state index in [1.54, 1.807) is 6.07 Å². The number of alkyl halides is 2. The van der Waals surface area contributed by atoms with Crippen molar-refractivity contribution in [3.05, 3.63) is 35.9 Å². The first kappa shape index (κ1) is 11.6. The van der Waals surface area contributed by atoms with Gasteiger partial charge in [0, 0.05) is 5.56 Å². The van der Waals surface area contributed by atoms with Crippen molar-refractivity contribution in [2.24, 2.45) is 0 Å². The molecule has 0 heterocycles. The molecule has 0 bridgehead atoms. The third kappa shape index (κ3) is 2.73. The van der Waals surface area contributed by atoms with Crippen LogP contribution in [0.3, 0.4) is 0 Å². The van der Waals surface area contributed by atoms with Crippen molar-refractivity contribution in [3.63, 3.8) is 0 Å². The molecule has 15 heavy (non-hydrogen) atoms. The highest BCUT2D eigenvalue weighted by atomic mass is 19.3. The minimum absolute atomic E-state index is 0.390. The van der Waals surface area contributed by atoms with Crippen LogP contribution in [0.1, 0.15) is 12.0 Å². The Morgan fingerprint density at radius 3 is 2.33 bits per heavy atom. The Bertz CT molecular complexity index is 338. The van der Waals surface area contributed by atoms with Gasteiger partial charge in [-0.05, 0) is 0 Å². The summed E-state index contributed by atoms with van der Waals surface area (Å²) in [5.74, 6) is -5.00. The maximum Gasteiger partial charge on any atom is 0.306 e. The Morgan fingerprint density at radius 1 is 1.33 bits per heavy atom. The largest absolute Gasteiger partial charge is 0.481 e. The molecule has 0 amide bonds. The first-order valence-corrected chi connectivity index (χ1v) is 4.28. The molecular weight excluding hydrogens is 206 g/mol. The highest BCUT2D eigenvalue weighted by Gasteiger charge is 2.41. The lowest BCUT2D eigenvalue weighted by Gasteiger charge is -2.21. The fourth-order valence-electron chi connectivity index (χ4n) is 1.15. The Kier molecular flexibility index (Phi) is 3.36. The molecule has 0 saturated carbocycles. The number of rotatable bonds is 4. The van der Waals surface area contributed by atoms with Gasteiger partial charge in [-0.3, -0.25) is 4.79 Å². The number of benzene rings is 1. The number of halogens is 2. The molecule has 2 N–H and O–H groups in total. The molecule has 5 heteroatoms. The summed E-state index contributed by atoms with van der Waals surface area (Å²) in [6.45, 7) is 0. The van der Waals surface area contributed by atoms with Crippen LogP contribution in [0.15, 0.2) is 30.3 Å². The number of hydrogen-bond acceptors (Lipinski definition) is 2. The lowest BCUT2D eigenvalue weighted by Crippen LogP contribution is -2.32. The minimum atomic E-state index is -3.54. The van der Waals surface area contributed by atoms with Crippen molar-refractivity contribution in [1.82, 2.24) is 0 Å². The molecule has 0 fully saturated rings. The molecule has 82 valence electrons. The average Bonchev–Trinajstić information content (AvgIpc) is 2.18. The van der Waals surface area contributed by atoms with Gasteiger partial charge in [-0.2, -0.15) is 8.78 Å². The van der Waals surface area contributed by atoms with Gasteiger partial charge in [0.1, 0.15) is 6.10 Å². The monoisotopic (exact) mass is 216 g/mol. The summed E-state index contributed by atoms with van der Waals surface area (Å²) in [5, 5.41) is 17.4. The van der Waals surface area contributed by atoms with Gasteiger partial charge in [-0.1, -0.05) is 30.3 Å². The van der Waals surface area contributed by atoms with E-state index in [4.69, 9.17) is 10.2 Å². The number of carboxylic acids is 1. The Labute approximate surface area is 85.0 Å². The van der Waals surface area contributed by atoms with Crippen molar-refractivity contribution < 1.29 is 23.8 Å². The third-order valence-corrected chi connectivity index (χ3v) is 1.95. The standard InChI is InChI=1S/C10H10F2O3/c11-10(12,8(13)6-9(14)15)7-4-2-1-3-5-7/h1-5,8,13H,6H2,(H,14,15)/t8-/m0/s1. The van der Waals surface area contributed by atoms with Crippen LogP contribution >= 0.6 is 0 Å². The number of hydrogen-bond donors (Lipinski definition) is 2. The highest BCUT2D eigenvalue weighted by molar-refractivity contribution is 5.67. The number of aliphatic hydroxyl groups excluding tert-OH is 1. The molecule has 1 rings (SSSR count). The van der Waals surface area contributed by atoms with E-state index >= 15 is 0 Å². The van der Waals surface area contributed by atoms with E-state index in [1.807, 2.05) is 0 Å². The lowest BCUT2D eigenvalue weighted by atomic mass is 10.0. The van der Waals surface area contributed by atoms with Gasteiger partial charge in [0.25, 0.3) is 5.92 Å². The van der Waals surface area contributed by atoms with Gasteiger partial charge in [0.05, 0.1) is 6.42 Å². The van der Waals surface area contributed by atoms with E-state index in [1.165, 1.54) is 12.1 Å². The van der Waals surface area contributed by atoms with Gasteiger partial charge < -0.3 is 10.2 Å². The van der Waals surface area contributed by atoms with E-state index in [0.29, 0.717) is 0 Å². The Hall–Kier alpha value is -1.49. The second-order valence-corrected chi connectivity index (χ2v) is 3.10. The molecule has 1 atom stereocenters. The Balaban J connectivity index is 2.87. The average molecular weight is 216 g/mol. The summed E-state index contributed by atoms with van der Waals surface area (Å²) in [5.41, 5.74) is -0.390. The van der Waals surface area contributed by atoms with Crippen molar-refractivity contribution in [1.29, 1.82) is 0 Å². The quantitative estimate of drug-likeness (QED) is 0.803. The summed E-state index contributed by atoms with van der Waals surface area (Å²) in [6.07, 6.45) is -3.19. The second kappa shape index (κ2) is 4.35. The smallest absolute Gasteiger partial charge is 0.306 e. The maximum absolute atomic E-state index is 13.4. The predicted octanol–water partition coefficient (Wildman–Crippen LogP) is 1.61. The summed E-state index contributed by atoms with van der Waals surface area (Å²) in [4.78, 5) is 10.2. The van der Waals surface area contributed by atoms with Gasteiger partial charge in [0.2, 0.25) is 0 Å². The molecule has 0 aromatic heterocycles. The SMILES string of the molecule is O=C(O)C[C@H](O)C(F)(F)c1ccccc1. The minimum Gasteiger partial charge on any atom is -0.481 e. The summed E-state index contributed by atoms with van der Waals surface area (Å²) < 4.78 is 26.8. The first-order valence-electron chi connectivity index (χ1n) is 4.28. The predicted molar refractivity (Wildman–Crippen MR) is 48.6 cm³/mol. The van der Waals surface area contributed by atoms with Crippen LogP contribution in [-0.2, 0) is 10.7 Å². The zero-order valence-corrected chi connectivity index (χ0v) is 7.73. The van der Waals surface area contributed by atoms with Crippen LogP contribution in [0.5, 0.6) is 0 Å². The fourth-order valence-corrected chi connectivity index (χ4v) is 1.15. The zero-order valence-electron chi connectivity index (χ0n) is 7.73. The zero-order chi connectivity index (χ0) is 11.5. The van der Waals surface area contributed by atoms with Crippen molar-refractivity contribution in [2.45, 2.75) is 18.4 Å². The van der Waals surface area contributed by atoms with Crippen LogP contribution in [0, 0.1) is 0 Å². The first-order chi connectivity index (χ1) is 6.94. The third-order valence-electron chi connectivity index (χ3n) is 1.95. The normalized spacial score (nSPS) is 13.5. The lowest BCUT2D eigenvalue weighted by molar-refractivity contribution is -0.153. The number of carboxylic acid groups (broad SMARTS) is 1. The summed E-state index contributed by atoms with van der Waals surface area (Å²) in [7, 11) is 0. The molecule has 1 aromatic rings. The van der Waals surface area contributed by atoms with Crippen molar-refractivity contribution >= 4 is 5.97 Å². The molecule has 0 aliphatic heterocycles. The molecule has 0 spiro atoms. The van der Waals surface area contributed by atoms with E-state index in [2.05, 4.69) is 0 Å². The van der Waals surface area contributed by atoms with Gasteiger partial charge >= 0.3 is 5.97 Å². The van der Waals surface area contributed by atoms with Gasteiger partial charge in [-0.25, -0.2) is 0 Å². The molecule has 0 unspecified atom stereocenters. The van der Waals surface area contributed by atoms with Gasteiger partial charge in [-0.15, -0.1) is 0 Å². The van der Waals surface area contributed by atoms with Gasteiger partial charge in [0.15, 0.2) is 0 Å². The summed E-state index contributed by atoms with van der Waals surface area (Å²) in [6, 6.07) is 6.65. The number of carbonyl (C=O) groups is 1. The molecule has 0 aliphatic carbocycles. The van der Waals surface area contributed by atoms with Crippen molar-refractivity contribution in [3.8, 4) is 0 Å². The van der Waals surface area contributed by atoms with Crippen LogP contribution in [0.25, 0.3) is 0 Å². The fraction of sp³-hybridized carbons (Fsp3) is 0.300. The number of aliphatic hydroxyl groups is 1. The van der Waals surface area contributed by atoms with E-state index in [0.717, 1.165) is 12.1 Å². The van der Waals surface area contributed by atoms with E-state index in [-0.39, 0.29) is 0 Å². The molecular formula is C10H10F2O3. The second-order valence-electron chi connectivity index (χ2n) is 3.10. The van der Waals surface area contributed by atoms with E-state index in [9.17, 15) is 13.6 Å². The van der Waals surface area contributed by atoms with Crippen LogP contribution < -0.4 is 0 Å². The van der Waals surface area contributed by atoms with Crippen LogP contribution in [-0.4, -0.2) is 22.3 Å². The van der Waals surface area contributed by atoms with Crippen molar-refractivity contribution in [2.75, 3.05) is 0 Å². The maximum atomic E-state index is 13.4. The molecule has 3 nitrogen and oxygen atoms in total. The van der Waals surface area contributed by atoms with Crippen LogP contribution in [0.2, 0.25) is 0 Å². The van der Waals surface area contributed by atoms with E-state index < -0.39 is 30.0 Å². The van der Waals surface area contributed by atoms with Crippen LogP contribution in [0.4, 0.5) is 8.78 Å². The molecule has 0 saturated heterocycles. The Morgan fingerprint density at radius 2 is 1.87 bits per heavy atom. The number of aliphatic carboxylic acids is 1. The molecule has 0 aliphatic rings. The summed E-state index contributed by atoms with van der Waals surface area (Å²) >= 11 is 0. The molecule has 1 aromatic carbocycles. The topological polar surface area (TPSA) is 57.5 Å². The molecule has 0 radical (unpaired) electrons.